The van der Waals surface area contributed by atoms with Crippen LogP contribution in [0.15, 0.2) is 59.5 Å². The summed E-state index contributed by atoms with van der Waals surface area (Å²) in [5, 5.41) is 10.9. The molecular formula is C19H20ClN3O4S. The molecule has 0 aliphatic carbocycles. The Kier molecular flexibility index (Phi) is 6.46. The fraction of sp³-hybridized carbons (Fsp3) is 0.263. The van der Waals surface area contributed by atoms with E-state index in [0.717, 1.165) is 18.2 Å². The monoisotopic (exact) mass is 421 g/mol. The summed E-state index contributed by atoms with van der Waals surface area (Å²) >= 11 is 5.78. The zero-order valence-electron chi connectivity index (χ0n) is 15.1. The predicted molar refractivity (Wildman–Crippen MR) is 109 cm³/mol. The fourth-order valence-corrected chi connectivity index (χ4v) is 4.63. The molecule has 0 radical (unpaired) electrons. The number of nitro groups is 1. The van der Waals surface area contributed by atoms with E-state index in [2.05, 4.69) is 11.0 Å². The van der Waals surface area contributed by atoms with Gasteiger partial charge in [0.1, 0.15) is 5.02 Å². The number of halogens is 1. The lowest BCUT2D eigenvalue weighted by Gasteiger charge is -2.33. The van der Waals surface area contributed by atoms with Gasteiger partial charge >= 0.3 is 0 Å². The summed E-state index contributed by atoms with van der Waals surface area (Å²) in [6.07, 6.45) is 4.10. The molecule has 9 heteroatoms. The number of hydrogen-bond acceptors (Lipinski definition) is 5. The van der Waals surface area contributed by atoms with Crippen molar-refractivity contribution in [3.05, 3.63) is 75.3 Å². The molecule has 2 aromatic rings. The van der Waals surface area contributed by atoms with Crippen molar-refractivity contribution in [1.29, 1.82) is 0 Å². The largest absolute Gasteiger partial charge is 0.297 e. The van der Waals surface area contributed by atoms with Crippen LogP contribution in [0.2, 0.25) is 5.02 Å². The minimum Gasteiger partial charge on any atom is -0.297 e. The Balaban J connectivity index is 1.61. The first-order valence-electron chi connectivity index (χ1n) is 8.76. The molecule has 1 aliphatic rings. The van der Waals surface area contributed by atoms with Crippen LogP contribution in [0.4, 0.5) is 5.69 Å². The highest BCUT2D eigenvalue weighted by Crippen LogP contribution is 2.28. The molecule has 0 atom stereocenters. The van der Waals surface area contributed by atoms with Crippen LogP contribution < -0.4 is 0 Å². The van der Waals surface area contributed by atoms with Crippen molar-refractivity contribution >= 4 is 33.4 Å². The van der Waals surface area contributed by atoms with Crippen LogP contribution in [0, 0.1) is 10.1 Å². The van der Waals surface area contributed by atoms with Crippen molar-refractivity contribution in [2.45, 2.75) is 4.90 Å². The van der Waals surface area contributed by atoms with Gasteiger partial charge in [-0.05, 0) is 17.7 Å². The van der Waals surface area contributed by atoms with Gasteiger partial charge in [0.2, 0.25) is 10.0 Å². The third-order valence-electron chi connectivity index (χ3n) is 4.56. The van der Waals surface area contributed by atoms with Crippen LogP contribution >= 0.6 is 11.6 Å². The minimum atomic E-state index is -3.80. The molecule has 0 unspecified atom stereocenters. The topological polar surface area (TPSA) is 83.8 Å². The van der Waals surface area contributed by atoms with E-state index < -0.39 is 20.6 Å². The zero-order chi connectivity index (χ0) is 20.1. The molecule has 2 aromatic carbocycles. The van der Waals surface area contributed by atoms with Gasteiger partial charge in [-0.2, -0.15) is 4.31 Å². The van der Waals surface area contributed by atoms with E-state index in [1.807, 2.05) is 36.4 Å². The molecule has 1 saturated heterocycles. The molecule has 0 saturated carbocycles. The predicted octanol–water partition coefficient (Wildman–Crippen LogP) is 3.27. The maximum Gasteiger partial charge on any atom is 0.289 e. The van der Waals surface area contributed by atoms with Gasteiger partial charge in [-0.15, -0.1) is 0 Å². The van der Waals surface area contributed by atoms with Gasteiger partial charge in [-0.1, -0.05) is 54.1 Å². The summed E-state index contributed by atoms with van der Waals surface area (Å²) in [5.74, 6) is 0. The molecule has 148 valence electrons. The van der Waals surface area contributed by atoms with Crippen LogP contribution in [0.25, 0.3) is 6.08 Å². The molecule has 1 heterocycles. The van der Waals surface area contributed by atoms with Crippen molar-refractivity contribution in [2.24, 2.45) is 0 Å². The highest BCUT2D eigenvalue weighted by atomic mass is 35.5. The highest BCUT2D eigenvalue weighted by molar-refractivity contribution is 7.89. The first kappa shape index (κ1) is 20.5. The minimum absolute atomic E-state index is 0.0843. The van der Waals surface area contributed by atoms with Crippen LogP contribution in [0.3, 0.4) is 0 Å². The Morgan fingerprint density at radius 2 is 1.75 bits per heavy atom. The molecule has 3 rings (SSSR count). The third-order valence-corrected chi connectivity index (χ3v) is 6.77. The molecule has 1 aliphatic heterocycles. The van der Waals surface area contributed by atoms with Crippen LogP contribution in [0.1, 0.15) is 5.56 Å². The summed E-state index contributed by atoms with van der Waals surface area (Å²) in [6, 6.07) is 13.5. The number of benzene rings is 2. The number of hydrogen-bond donors (Lipinski definition) is 0. The Morgan fingerprint density at radius 3 is 2.39 bits per heavy atom. The van der Waals surface area contributed by atoms with Gasteiger partial charge in [0.15, 0.2) is 0 Å². The van der Waals surface area contributed by atoms with E-state index in [0.29, 0.717) is 26.2 Å². The normalized spacial score (nSPS) is 16.5. The van der Waals surface area contributed by atoms with E-state index in [9.17, 15) is 18.5 Å². The molecule has 0 amide bonds. The summed E-state index contributed by atoms with van der Waals surface area (Å²) in [7, 11) is -3.80. The van der Waals surface area contributed by atoms with Crippen molar-refractivity contribution in [3.8, 4) is 0 Å². The summed E-state index contributed by atoms with van der Waals surface area (Å²) in [4.78, 5) is 12.4. The molecular weight excluding hydrogens is 402 g/mol. The Bertz CT molecular complexity index is 972. The Morgan fingerprint density at radius 1 is 1.07 bits per heavy atom. The van der Waals surface area contributed by atoms with Crippen molar-refractivity contribution in [2.75, 3.05) is 32.7 Å². The standard InChI is InChI=1S/C19H20ClN3O4S/c20-18-9-8-17(15-19(18)23(24)25)28(26,27)22-13-11-21(12-14-22)10-4-7-16-5-2-1-3-6-16/h1-9,15H,10-14H2/b7-4+. The van der Waals surface area contributed by atoms with Gasteiger partial charge < -0.3 is 0 Å². The SMILES string of the molecule is O=[N+]([O-])c1cc(S(=O)(=O)N2CCN(C/C=C/c3ccccc3)CC2)ccc1Cl. The first-order valence-corrected chi connectivity index (χ1v) is 10.6. The lowest BCUT2D eigenvalue weighted by Crippen LogP contribution is -2.48. The van der Waals surface area contributed by atoms with Crippen molar-refractivity contribution in [1.82, 2.24) is 9.21 Å². The maximum atomic E-state index is 12.8. The van der Waals surface area contributed by atoms with Gasteiger partial charge in [0.25, 0.3) is 5.69 Å². The van der Waals surface area contributed by atoms with Gasteiger partial charge in [-0.25, -0.2) is 8.42 Å². The van der Waals surface area contributed by atoms with E-state index >= 15 is 0 Å². The average Bonchev–Trinajstić information content (AvgIpc) is 2.69. The molecule has 0 N–H and O–H groups in total. The van der Waals surface area contributed by atoms with E-state index in [4.69, 9.17) is 11.6 Å². The number of nitro benzene ring substituents is 1. The van der Waals surface area contributed by atoms with E-state index in [1.54, 1.807) is 0 Å². The van der Waals surface area contributed by atoms with Crippen LogP contribution in [0.5, 0.6) is 0 Å². The summed E-state index contributed by atoms with van der Waals surface area (Å²) in [6.45, 7) is 2.58. The average molecular weight is 422 g/mol. The summed E-state index contributed by atoms with van der Waals surface area (Å²) < 4.78 is 27.0. The molecule has 28 heavy (non-hydrogen) atoms. The third kappa shape index (κ3) is 4.77. The molecule has 1 fully saturated rings. The quantitative estimate of drug-likeness (QED) is 0.528. The lowest BCUT2D eigenvalue weighted by molar-refractivity contribution is -0.384. The Hall–Kier alpha value is -2.26. The van der Waals surface area contributed by atoms with Crippen molar-refractivity contribution in [3.63, 3.8) is 0 Å². The second-order valence-electron chi connectivity index (χ2n) is 6.39. The van der Waals surface area contributed by atoms with Crippen LogP contribution in [-0.4, -0.2) is 55.3 Å². The number of sulfonamides is 1. The number of rotatable bonds is 6. The van der Waals surface area contributed by atoms with E-state index in [1.165, 1.54) is 16.4 Å². The summed E-state index contributed by atoms with van der Waals surface area (Å²) in [5.41, 5.74) is 0.709. The van der Waals surface area contributed by atoms with E-state index in [-0.39, 0.29) is 9.92 Å². The van der Waals surface area contributed by atoms with Gasteiger partial charge in [0.05, 0.1) is 9.82 Å². The lowest BCUT2D eigenvalue weighted by atomic mass is 10.2. The second-order valence-corrected chi connectivity index (χ2v) is 8.73. The zero-order valence-corrected chi connectivity index (χ0v) is 16.6. The highest BCUT2D eigenvalue weighted by Gasteiger charge is 2.30. The van der Waals surface area contributed by atoms with Gasteiger partial charge in [0, 0.05) is 38.8 Å². The number of piperazine rings is 1. The smallest absolute Gasteiger partial charge is 0.289 e. The fourth-order valence-electron chi connectivity index (χ4n) is 3.00. The molecule has 0 aromatic heterocycles. The number of nitrogens with zero attached hydrogens (tertiary/aromatic N) is 3. The second kappa shape index (κ2) is 8.83. The van der Waals surface area contributed by atoms with Crippen molar-refractivity contribution < 1.29 is 13.3 Å². The maximum absolute atomic E-state index is 12.8. The Labute approximate surface area is 169 Å². The van der Waals surface area contributed by atoms with Crippen LogP contribution in [-0.2, 0) is 10.0 Å². The molecule has 0 bridgehead atoms. The molecule has 0 spiro atoms. The first-order chi connectivity index (χ1) is 13.4. The van der Waals surface area contributed by atoms with Gasteiger partial charge in [-0.3, -0.25) is 15.0 Å². The molecule has 7 nitrogen and oxygen atoms in total.